The minimum Gasteiger partial charge on any atom is -0.308 e. The Balaban J connectivity index is 2.44. The molecule has 1 fully saturated rings. The number of carbonyl (C=O) groups excluding carboxylic acids is 1. The first-order chi connectivity index (χ1) is 7.49. The topological polar surface area (TPSA) is 20.3 Å². The third-order valence-corrected chi connectivity index (χ3v) is 3.52. The molecule has 0 radical (unpaired) electrons. The summed E-state index contributed by atoms with van der Waals surface area (Å²) >= 11 is 13.1. The molecule has 6 heteroatoms. The molecule has 0 bridgehead atoms. The highest BCUT2D eigenvalue weighted by molar-refractivity contribution is 9.10. The van der Waals surface area contributed by atoms with E-state index in [-0.39, 0.29) is 16.8 Å². The summed E-state index contributed by atoms with van der Waals surface area (Å²) in [7, 11) is 0. The van der Waals surface area contributed by atoms with Gasteiger partial charge in [-0.25, -0.2) is 4.39 Å². The zero-order chi connectivity index (χ0) is 11.9. The number of amides is 1. The molecule has 1 aromatic carbocycles. The molecule has 2 nitrogen and oxygen atoms in total. The number of halogens is 3. The maximum absolute atomic E-state index is 13.7. The van der Waals surface area contributed by atoms with E-state index < -0.39 is 5.82 Å². The van der Waals surface area contributed by atoms with E-state index in [4.69, 9.17) is 11.6 Å². The molecule has 86 valence electrons. The summed E-state index contributed by atoms with van der Waals surface area (Å²) in [5, 5.41) is 0.247. The van der Waals surface area contributed by atoms with E-state index in [2.05, 4.69) is 28.6 Å². The van der Waals surface area contributed by atoms with Crippen LogP contribution in [0, 0.1) is 5.82 Å². The van der Waals surface area contributed by atoms with Crippen LogP contribution in [0.5, 0.6) is 0 Å². The fourth-order valence-electron chi connectivity index (χ4n) is 1.70. The molecule has 0 aromatic heterocycles. The van der Waals surface area contributed by atoms with Gasteiger partial charge in [0.25, 0.3) is 0 Å². The third kappa shape index (κ3) is 2.21. The third-order valence-electron chi connectivity index (χ3n) is 2.36. The summed E-state index contributed by atoms with van der Waals surface area (Å²) < 4.78 is 14.2. The summed E-state index contributed by atoms with van der Waals surface area (Å²) in [6, 6.07) is 2.76. The maximum atomic E-state index is 13.7. The molecule has 1 atom stereocenters. The molecule has 0 aliphatic carbocycles. The van der Waals surface area contributed by atoms with Crippen LogP contribution in [0.15, 0.2) is 16.6 Å². The van der Waals surface area contributed by atoms with E-state index in [1.807, 2.05) is 0 Å². The second-order valence-electron chi connectivity index (χ2n) is 3.58. The largest absolute Gasteiger partial charge is 0.308 e. The summed E-state index contributed by atoms with van der Waals surface area (Å²) in [6.45, 7) is 0.416. The Kier molecular flexibility index (Phi) is 3.47. The van der Waals surface area contributed by atoms with Gasteiger partial charge in [0.15, 0.2) is 0 Å². The van der Waals surface area contributed by atoms with Crippen molar-refractivity contribution in [3.63, 3.8) is 0 Å². The lowest BCUT2D eigenvalue weighted by Crippen LogP contribution is -2.26. The standard InChI is InChI=1S/C10H8BrClFNOS/c11-7-1-5(12)2-8(13)10(7)14-4-6(16)3-9(14)15/h1-2,6,16H,3-4H2. The average molecular weight is 325 g/mol. The number of carbonyl (C=O) groups is 1. The van der Waals surface area contributed by atoms with E-state index in [9.17, 15) is 9.18 Å². The molecule has 1 amide bonds. The Morgan fingerprint density at radius 2 is 2.25 bits per heavy atom. The van der Waals surface area contributed by atoms with E-state index in [1.165, 1.54) is 11.0 Å². The van der Waals surface area contributed by atoms with Crippen LogP contribution < -0.4 is 4.90 Å². The molecule has 1 aromatic rings. The Labute approximate surface area is 111 Å². The number of hydrogen-bond donors (Lipinski definition) is 1. The Bertz CT molecular complexity index is 433. The molecular formula is C10H8BrClFNOS. The van der Waals surface area contributed by atoms with Gasteiger partial charge in [0.1, 0.15) is 5.82 Å². The Hall–Kier alpha value is -0.260. The van der Waals surface area contributed by atoms with Gasteiger partial charge in [-0.15, -0.1) is 0 Å². The molecule has 1 unspecified atom stereocenters. The van der Waals surface area contributed by atoms with Gasteiger partial charge in [-0.1, -0.05) is 11.6 Å². The zero-order valence-corrected chi connectivity index (χ0v) is 11.3. The van der Waals surface area contributed by atoms with Crippen molar-refractivity contribution in [1.82, 2.24) is 0 Å². The normalized spacial score (nSPS) is 20.6. The maximum Gasteiger partial charge on any atom is 0.228 e. The first-order valence-corrected chi connectivity index (χ1v) is 6.30. The molecule has 1 saturated heterocycles. The second kappa shape index (κ2) is 4.55. The number of thiol groups is 1. The predicted octanol–water partition coefficient (Wildman–Crippen LogP) is 3.28. The van der Waals surface area contributed by atoms with Crippen LogP contribution in [0.4, 0.5) is 10.1 Å². The number of hydrogen-bond acceptors (Lipinski definition) is 2. The van der Waals surface area contributed by atoms with Crippen LogP contribution in [-0.2, 0) is 4.79 Å². The van der Waals surface area contributed by atoms with E-state index in [1.54, 1.807) is 6.07 Å². The first-order valence-electron chi connectivity index (χ1n) is 4.62. The highest BCUT2D eigenvalue weighted by atomic mass is 79.9. The van der Waals surface area contributed by atoms with Crippen molar-refractivity contribution in [1.29, 1.82) is 0 Å². The molecule has 16 heavy (non-hydrogen) atoms. The van der Waals surface area contributed by atoms with Crippen LogP contribution in [0.1, 0.15) is 6.42 Å². The fraction of sp³-hybridized carbons (Fsp3) is 0.300. The number of rotatable bonds is 1. The van der Waals surface area contributed by atoms with Crippen LogP contribution in [0.25, 0.3) is 0 Å². The van der Waals surface area contributed by atoms with Crippen molar-refractivity contribution >= 4 is 51.8 Å². The molecule has 2 rings (SSSR count). The van der Waals surface area contributed by atoms with Crippen molar-refractivity contribution in [3.05, 3.63) is 27.4 Å². The number of nitrogens with zero attached hydrogens (tertiary/aromatic N) is 1. The minimum atomic E-state index is -0.504. The number of anilines is 1. The smallest absolute Gasteiger partial charge is 0.228 e. The van der Waals surface area contributed by atoms with Gasteiger partial charge in [0.05, 0.1) is 5.69 Å². The van der Waals surface area contributed by atoms with Gasteiger partial charge in [0.2, 0.25) is 5.91 Å². The van der Waals surface area contributed by atoms with Gasteiger partial charge >= 0.3 is 0 Å². The lowest BCUT2D eigenvalue weighted by Gasteiger charge is -2.18. The second-order valence-corrected chi connectivity index (χ2v) is 5.60. The van der Waals surface area contributed by atoms with Gasteiger partial charge in [-0.3, -0.25) is 4.79 Å². The molecule has 1 aliphatic heterocycles. The Morgan fingerprint density at radius 3 is 2.75 bits per heavy atom. The molecule has 0 saturated carbocycles. The SMILES string of the molecule is O=C1CC(S)CN1c1c(F)cc(Cl)cc1Br. The summed E-state index contributed by atoms with van der Waals surface area (Å²) in [6.07, 6.45) is 0.331. The van der Waals surface area contributed by atoms with Crippen LogP contribution in [-0.4, -0.2) is 17.7 Å². The summed E-state index contributed by atoms with van der Waals surface area (Å²) in [4.78, 5) is 13.0. The van der Waals surface area contributed by atoms with Gasteiger partial charge in [-0.2, -0.15) is 12.6 Å². The lowest BCUT2D eigenvalue weighted by molar-refractivity contribution is -0.117. The van der Waals surface area contributed by atoms with Crippen LogP contribution >= 0.6 is 40.2 Å². The van der Waals surface area contributed by atoms with Crippen molar-refractivity contribution < 1.29 is 9.18 Å². The van der Waals surface area contributed by atoms with E-state index in [0.29, 0.717) is 22.5 Å². The van der Waals surface area contributed by atoms with Crippen LogP contribution in [0.3, 0.4) is 0 Å². The highest BCUT2D eigenvalue weighted by Gasteiger charge is 2.31. The average Bonchev–Trinajstić information content (AvgIpc) is 2.43. The van der Waals surface area contributed by atoms with Gasteiger partial charge < -0.3 is 4.90 Å². The molecule has 1 heterocycles. The van der Waals surface area contributed by atoms with E-state index >= 15 is 0 Å². The van der Waals surface area contributed by atoms with Crippen LogP contribution in [0.2, 0.25) is 5.02 Å². The monoisotopic (exact) mass is 323 g/mol. The van der Waals surface area contributed by atoms with Crippen molar-refractivity contribution in [3.8, 4) is 0 Å². The minimum absolute atomic E-state index is 0.0468. The summed E-state index contributed by atoms with van der Waals surface area (Å²) in [5.41, 5.74) is 0.242. The van der Waals surface area contributed by atoms with Gasteiger partial charge in [0, 0.05) is 27.7 Å². The van der Waals surface area contributed by atoms with Crippen molar-refractivity contribution in [2.24, 2.45) is 0 Å². The Morgan fingerprint density at radius 1 is 1.56 bits per heavy atom. The highest BCUT2D eigenvalue weighted by Crippen LogP contribution is 2.35. The predicted molar refractivity (Wildman–Crippen MR) is 68.9 cm³/mol. The summed E-state index contributed by atoms with van der Waals surface area (Å²) in [5.74, 6) is -0.628. The van der Waals surface area contributed by atoms with Crippen molar-refractivity contribution in [2.75, 3.05) is 11.4 Å². The molecular weight excluding hydrogens is 317 g/mol. The first kappa shape index (κ1) is 12.2. The molecule has 1 aliphatic rings. The van der Waals surface area contributed by atoms with Crippen molar-refractivity contribution in [2.45, 2.75) is 11.7 Å². The fourth-order valence-corrected chi connectivity index (χ4v) is 3.00. The van der Waals surface area contributed by atoms with E-state index in [0.717, 1.165) is 0 Å². The molecule has 0 spiro atoms. The lowest BCUT2D eigenvalue weighted by atomic mass is 10.3. The zero-order valence-electron chi connectivity index (χ0n) is 8.08. The molecule has 0 N–H and O–H groups in total. The number of benzene rings is 1. The van der Waals surface area contributed by atoms with Gasteiger partial charge in [-0.05, 0) is 28.1 Å². The quantitative estimate of drug-likeness (QED) is 0.786.